The Hall–Kier alpha value is -1.66. The van der Waals surface area contributed by atoms with Gasteiger partial charge in [-0.05, 0) is 34.6 Å². The first-order valence-corrected chi connectivity index (χ1v) is 6.20. The van der Waals surface area contributed by atoms with Crippen LogP contribution in [0.1, 0.15) is 6.42 Å². The molecule has 0 amide bonds. The summed E-state index contributed by atoms with van der Waals surface area (Å²) in [6.45, 7) is 8.59. The van der Waals surface area contributed by atoms with Gasteiger partial charge >= 0.3 is 11.9 Å². The third-order valence-electron chi connectivity index (χ3n) is 2.11. The number of aliphatic carboxylic acids is 1. The molecule has 6 nitrogen and oxygen atoms in total. The molecule has 0 fully saturated rings. The van der Waals surface area contributed by atoms with Gasteiger partial charge in [0.05, 0.1) is 0 Å². The van der Waals surface area contributed by atoms with Crippen LogP contribution in [0, 0.1) is 0 Å². The quantitative estimate of drug-likeness (QED) is 0.527. The highest BCUT2D eigenvalue weighted by atomic mass is 16.5. The van der Waals surface area contributed by atoms with E-state index in [0.29, 0.717) is 13.0 Å². The summed E-state index contributed by atoms with van der Waals surface area (Å²) < 4.78 is 4.70. The first-order valence-electron chi connectivity index (χ1n) is 6.20. The third kappa shape index (κ3) is 16.3. The molecule has 20 heavy (non-hydrogen) atoms. The molecule has 0 bridgehead atoms. The van der Waals surface area contributed by atoms with E-state index in [9.17, 15) is 9.59 Å². The lowest BCUT2D eigenvalue weighted by Gasteiger charge is -2.07. The number of carbonyl (C=O) groups excluding carboxylic acids is 1. The van der Waals surface area contributed by atoms with Gasteiger partial charge in [-0.3, -0.25) is 0 Å². The highest BCUT2D eigenvalue weighted by molar-refractivity contribution is 5.85. The molecule has 0 saturated heterocycles. The van der Waals surface area contributed by atoms with Crippen molar-refractivity contribution in [2.75, 3.05) is 47.9 Å². The minimum Gasteiger partial charge on any atom is -0.478 e. The number of nitrogens with zero attached hydrogens (tertiary/aromatic N) is 2. The van der Waals surface area contributed by atoms with Gasteiger partial charge < -0.3 is 19.6 Å². The number of hydrogen-bond acceptors (Lipinski definition) is 5. The molecule has 0 atom stereocenters. The number of likely N-dealkylation sites (N-methyl/N-ethyl adjacent to an activating group) is 1. The summed E-state index contributed by atoms with van der Waals surface area (Å²) in [5, 5.41) is 8.38. The van der Waals surface area contributed by atoms with E-state index in [1.165, 1.54) is 0 Å². The number of hydrogen-bond donors (Lipinski definition) is 1. The molecule has 0 aromatic rings. The second-order valence-electron chi connectivity index (χ2n) is 4.64. The summed E-state index contributed by atoms with van der Waals surface area (Å²) in [6.07, 6.45) is 1.69. The van der Waals surface area contributed by atoms with Crippen molar-refractivity contribution in [3.63, 3.8) is 0 Å². The Morgan fingerprint density at radius 1 is 1.15 bits per heavy atom. The summed E-state index contributed by atoms with van der Waals surface area (Å²) in [5.41, 5.74) is 0.272. The van der Waals surface area contributed by atoms with Gasteiger partial charge in [0.1, 0.15) is 6.61 Å². The van der Waals surface area contributed by atoms with Crippen molar-refractivity contribution in [2.45, 2.75) is 6.42 Å². The van der Waals surface area contributed by atoms with Crippen LogP contribution in [-0.4, -0.2) is 74.7 Å². The van der Waals surface area contributed by atoms with Crippen LogP contribution in [0.25, 0.3) is 0 Å². The van der Waals surface area contributed by atoms with Gasteiger partial charge in [0, 0.05) is 24.7 Å². The molecule has 0 aliphatic carbocycles. The molecule has 0 saturated carbocycles. The average Bonchev–Trinajstić information content (AvgIpc) is 2.35. The molecule has 0 aromatic heterocycles. The van der Waals surface area contributed by atoms with Crippen molar-refractivity contribution < 1.29 is 19.4 Å². The average molecular weight is 286 g/mol. The van der Waals surface area contributed by atoms with Crippen molar-refractivity contribution in [1.29, 1.82) is 0 Å². The molecule has 0 aromatic carbocycles. The molecule has 0 aliphatic rings. The van der Waals surface area contributed by atoms with Gasteiger partial charge in [-0.1, -0.05) is 13.2 Å². The normalized spacial score (nSPS) is 9.70. The fourth-order valence-electron chi connectivity index (χ4n) is 0.853. The van der Waals surface area contributed by atoms with Gasteiger partial charge in [-0.2, -0.15) is 0 Å². The summed E-state index contributed by atoms with van der Waals surface area (Å²) in [4.78, 5) is 24.5. The number of ether oxygens (including phenoxy) is 1. The van der Waals surface area contributed by atoms with Crippen molar-refractivity contribution in [2.24, 2.45) is 0 Å². The number of carbonyl (C=O) groups is 2. The minimum atomic E-state index is -0.901. The predicted molar refractivity (Wildman–Crippen MR) is 79.7 cm³/mol. The van der Waals surface area contributed by atoms with Crippen LogP contribution in [0.2, 0.25) is 0 Å². The van der Waals surface area contributed by atoms with E-state index in [0.717, 1.165) is 19.2 Å². The number of carboxylic acids is 1. The van der Waals surface area contributed by atoms with Crippen molar-refractivity contribution >= 4 is 11.9 Å². The number of esters is 1. The highest BCUT2D eigenvalue weighted by Crippen LogP contribution is 1.97. The largest absolute Gasteiger partial charge is 0.478 e. The van der Waals surface area contributed by atoms with Gasteiger partial charge in [0.25, 0.3) is 0 Å². The lowest BCUT2D eigenvalue weighted by molar-refractivity contribution is -0.138. The molecule has 0 rings (SSSR count). The van der Waals surface area contributed by atoms with Crippen LogP contribution in [0.5, 0.6) is 0 Å². The van der Waals surface area contributed by atoms with Crippen LogP contribution in [-0.2, 0) is 14.3 Å². The fourth-order valence-corrected chi connectivity index (χ4v) is 0.853. The summed E-state index contributed by atoms with van der Waals surface area (Å²) >= 11 is 0. The molecular formula is C14H26N2O4. The number of carboxylic acid groups (broad SMARTS) is 1. The Morgan fingerprint density at radius 2 is 1.65 bits per heavy atom. The zero-order chi connectivity index (χ0) is 16.1. The van der Waals surface area contributed by atoms with Crippen LogP contribution < -0.4 is 0 Å². The van der Waals surface area contributed by atoms with Crippen LogP contribution in [0.3, 0.4) is 0 Å². The maximum atomic E-state index is 10.4. The molecule has 0 aliphatic heterocycles. The molecule has 0 spiro atoms. The maximum Gasteiger partial charge on any atom is 0.331 e. The Bertz CT molecular complexity index is 323. The van der Waals surface area contributed by atoms with Crippen molar-refractivity contribution in [3.8, 4) is 0 Å². The number of rotatable bonds is 8. The van der Waals surface area contributed by atoms with Crippen molar-refractivity contribution in [3.05, 3.63) is 24.8 Å². The minimum absolute atomic E-state index is 0.272. The van der Waals surface area contributed by atoms with Gasteiger partial charge in [-0.25, -0.2) is 9.59 Å². The first kappa shape index (κ1) is 20.7. The van der Waals surface area contributed by atoms with Crippen LogP contribution in [0.15, 0.2) is 24.8 Å². The standard InChI is InChI=1S/2C7H13NO2/c1-6(7(9)10)4-5-8(2)3;1-4-7(9)10-6-5-8(2)3/h1,4-5H2,2-3H3,(H,9,10);4H,1,5-6H2,2-3H3. The zero-order valence-corrected chi connectivity index (χ0v) is 12.9. The summed E-state index contributed by atoms with van der Waals surface area (Å²) in [5.74, 6) is -1.26. The van der Waals surface area contributed by atoms with Crippen LogP contribution >= 0.6 is 0 Å². The van der Waals surface area contributed by atoms with E-state index in [2.05, 4.69) is 13.2 Å². The molecule has 116 valence electrons. The van der Waals surface area contributed by atoms with Gasteiger partial charge in [-0.15, -0.1) is 0 Å². The first-order chi connectivity index (χ1) is 9.20. The highest BCUT2D eigenvalue weighted by Gasteiger charge is 2.02. The molecule has 1 N–H and O–H groups in total. The maximum absolute atomic E-state index is 10.4. The monoisotopic (exact) mass is 286 g/mol. The predicted octanol–water partition coefficient (Wildman–Crippen LogP) is 0.856. The molecular weight excluding hydrogens is 260 g/mol. The second kappa shape index (κ2) is 12.4. The molecule has 0 radical (unpaired) electrons. The summed E-state index contributed by atoms with van der Waals surface area (Å²) in [6, 6.07) is 0. The lowest BCUT2D eigenvalue weighted by Crippen LogP contribution is -2.19. The Labute approximate surface area is 121 Å². The van der Waals surface area contributed by atoms with E-state index >= 15 is 0 Å². The van der Waals surface area contributed by atoms with Gasteiger partial charge in [0.2, 0.25) is 0 Å². The van der Waals surface area contributed by atoms with E-state index in [-0.39, 0.29) is 11.5 Å². The van der Waals surface area contributed by atoms with E-state index in [1.54, 1.807) is 0 Å². The van der Waals surface area contributed by atoms with E-state index in [1.807, 2.05) is 38.0 Å². The third-order valence-corrected chi connectivity index (χ3v) is 2.11. The van der Waals surface area contributed by atoms with Gasteiger partial charge in [0.15, 0.2) is 0 Å². The Morgan fingerprint density at radius 3 is 2.00 bits per heavy atom. The molecule has 0 unspecified atom stereocenters. The van der Waals surface area contributed by atoms with Crippen molar-refractivity contribution in [1.82, 2.24) is 9.80 Å². The molecule has 0 heterocycles. The fraction of sp³-hybridized carbons (Fsp3) is 0.571. The van der Waals surface area contributed by atoms with E-state index < -0.39 is 5.97 Å². The Kier molecular flexibility index (Phi) is 12.8. The molecule has 6 heteroatoms. The second-order valence-corrected chi connectivity index (χ2v) is 4.64. The van der Waals surface area contributed by atoms with E-state index in [4.69, 9.17) is 9.84 Å². The van der Waals surface area contributed by atoms with Crippen LogP contribution in [0.4, 0.5) is 0 Å². The lowest BCUT2D eigenvalue weighted by atomic mass is 10.2. The SMILES string of the molecule is C=C(CCN(C)C)C(=O)O.C=CC(=O)OCCN(C)C. The topological polar surface area (TPSA) is 70.1 Å². The zero-order valence-electron chi connectivity index (χ0n) is 12.9. The Balaban J connectivity index is 0. The summed E-state index contributed by atoms with van der Waals surface area (Å²) in [7, 11) is 7.63. The smallest absolute Gasteiger partial charge is 0.331 e.